The van der Waals surface area contributed by atoms with Crippen LogP contribution in [0, 0.1) is 5.92 Å². The Balaban J connectivity index is 1.81. The van der Waals surface area contributed by atoms with Crippen LogP contribution in [-0.4, -0.2) is 23.0 Å². The topological polar surface area (TPSA) is 66.4 Å². The zero-order chi connectivity index (χ0) is 13.0. The van der Waals surface area contributed by atoms with Crippen LogP contribution >= 0.6 is 11.3 Å². The quantitative estimate of drug-likeness (QED) is 0.877. The lowest BCUT2D eigenvalue weighted by Gasteiger charge is -2.27. The molecule has 1 amide bonds. The molecule has 5 heteroatoms. The Morgan fingerprint density at radius 1 is 1.44 bits per heavy atom. The van der Waals surface area contributed by atoms with Gasteiger partial charge in [-0.15, -0.1) is 11.3 Å². The van der Waals surface area contributed by atoms with Crippen molar-refractivity contribution in [2.75, 3.05) is 0 Å². The Morgan fingerprint density at radius 2 is 2.28 bits per heavy atom. The maximum atomic E-state index is 11.8. The molecule has 18 heavy (non-hydrogen) atoms. The molecule has 2 rings (SSSR count). The van der Waals surface area contributed by atoms with E-state index in [0.717, 1.165) is 24.1 Å². The van der Waals surface area contributed by atoms with Gasteiger partial charge >= 0.3 is 5.97 Å². The third-order valence-electron chi connectivity index (χ3n) is 3.30. The monoisotopic (exact) mass is 267 g/mol. The van der Waals surface area contributed by atoms with Crippen molar-refractivity contribution >= 4 is 23.2 Å². The van der Waals surface area contributed by atoms with Gasteiger partial charge in [-0.25, -0.2) is 0 Å². The predicted octanol–water partition coefficient (Wildman–Crippen LogP) is 2.05. The van der Waals surface area contributed by atoms with E-state index in [1.807, 2.05) is 17.5 Å². The summed E-state index contributed by atoms with van der Waals surface area (Å²) < 4.78 is 0. The maximum Gasteiger partial charge on any atom is 0.306 e. The summed E-state index contributed by atoms with van der Waals surface area (Å²) in [5, 5.41) is 13.9. The number of carbonyl (C=O) groups is 2. The third-order valence-corrected chi connectivity index (χ3v) is 4.18. The molecular formula is C13H17NO3S. The number of rotatable bonds is 4. The smallest absolute Gasteiger partial charge is 0.306 e. The molecule has 1 aromatic heterocycles. The average molecular weight is 267 g/mol. The molecule has 4 nitrogen and oxygen atoms in total. The van der Waals surface area contributed by atoms with Crippen LogP contribution in [-0.2, 0) is 16.0 Å². The first-order chi connectivity index (χ1) is 8.65. The van der Waals surface area contributed by atoms with Crippen LogP contribution < -0.4 is 5.32 Å². The molecule has 1 saturated carbocycles. The standard InChI is InChI=1S/C13H17NO3S/c15-12(8-11-5-2-6-18-11)14-10-4-1-3-9(7-10)13(16)17/h2,5-6,9-10H,1,3-4,7-8H2,(H,14,15)(H,16,17). The molecule has 1 aromatic rings. The number of aliphatic carboxylic acids is 1. The number of carboxylic acid groups (broad SMARTS) is 1. The average Bonchev–Trinajstić information content (AvgIpc) is 2.82. The Kier molecular flexibility index (Phi) is 4.36. The van der Waals surface area contributed by atoms with Gasteiger partial charge in [-0.3, -0.25) is 9.59 Å². The minimum atomic E-state index is -0.743. The second kappa shape index (κ2) is 6.00. The number of carboxylic acids is 1. The van der Waals surface area contributed by atoms with E-state index in [2.05, 4.69) is 5.32 Å². The van der Waals surface area contributed by atoms with Gasteiger partial charge in [0.2, 0.25) is 5.91 Å². The van der Waals surface area contributed by atoms with Crippen molar-refractivity contribution in [2.45, 2.75) is 38.1 Å². The molecular weight excluding hydrogens is 250 g/mol. The normalized spacial score (nSPS) is 23.6. The van der Waals surface area contributed by atoms with E-state index in [4.69, 9.17) is 5.11 Å². The first-order valence-corrected chi connectivity index (χ1v) is 7.07. The second-order valence-electron chi connectivity index (χ2n) is 4.72. The summed E-state index contributed by atoms with van der Waals surface area (Å²) in [5.74, 6) is -1.05. The van der Waals surface area contributed by atoms with Crippen LogP contribution in [0.15, 0.2) is 17.5 Å². The lowest BCUT2D eigenvalue weighted by Crippen LogP contribution is -2.40. The fourth-order valence-corrected chi connectivity index (χ4v) is 3.10. The molecule has 0 bridgehead atoms. The van der Waals surface area contributed by atoms with Gasteiger partial charge in [-0.2, -0.15) is 0 Å². The summed E-state index contributed by atoms with van der Waals surface area (Å²) in [4.78, 5) is 23.8. The van der Waals surface area contributed by atoms with E-state index < -0.39 is 5.97 Å². The fraction of sp³-hybridized carbons (Fsp3) is 0.538. The van der Waals surface area contributed by atoms with E-state index in [-0.39, 0.29) is 17.9 Å². The molecule has 2 atom stereocenters. The van der Waals surface area contributed by atoms with Crippen LogP contribution in [0.3, 0.4) is 0 Å². The van der Waals surface area contributed by atoms with Gasteiger partial charge in [0.05, 0.1) is 12.3 Å². The number of thiophene rings is 1. The van der Waals surface area contributed by atoms with Crippen molar-refractivity contribution in [1.29, 1.82) is 0 Å². The van der Waals surface area contributed by atoms with Gasteiger partial charge in [0.1, 0.15) is 0 Å². The maximum absolute atomic E-state index is 11.8. The molecule has 1 aliphatic rings. The summed E-state index contributed by atoms with van der Waals surface area (Å²) in [6.45, 7) is 0. The first kappa shape index (κ1) is 13.1. The van der Waals surface area contributed by atoms with E-state index in [9.17, 15) is 9.59 Å². The Morgan fingerprint density at radius 3 is 2.94 bits per heavy atom. The predicted molar refractivity (Wildman–Crippen MR) is 69.5 cm³/mol. The minimum Gasteiger partial charge on any atom is -0.481 e. The number of amides is 1. The zero-order valence-electron chi connectivity index (χ0n) is 10.1. The zero-order valence-corrected chi connectivity index (χ0v) is 10.9. The Bertz CT molecular complexity index is 416. The molecule has 0 aliphatic heterocycles. The summed E-state index contributed by atoms with van der Waals surface area (Å²) in [5.41, 5.74) is 0. The van der Waals surface area contributed by atoms with Gasteiger partial charge in [0.25, 0.3) is 0 Å². The van der Waals surface area contributed by atoms with Crippen molar-refractivity contribution in [3.63, 3.8) is 0 Å². The molecule has 98 valence electrons. The van der Waals surface area contributed by atoms with Gasteiger partial charge in [-0.05, 0) is 30.7 Å². The van der Waals surface area contributed by atoms with Gasteiger partial charge < -0.3 is 10.4 Å². The van der Waals surface area contributed by atoms with E-state index in [0.29, 0.717) is 12.8 Å². The lowest BCUT2D eigenvalue weighted by molar-refractivity contribution is -0.143. The number of hydrogen-bond acceptors (Lipinski definition) is 3. The van der Waals surface area contributed by atoms with Crippen LogP contribution in [0.4, 0.5) is 0 Å². The highest BCUT2D eigenvalue weighted by molar-refractivity contribution is 7.10. The van der Waals surface area contributed by atoms with E-state index >= 15 is 0 Å². The van der Waals surface area contributed by atoms with Crippen LogP contribution in [0.5, 0.6) is 0 Å². The number of carbonyl (C=O) groups excluding carboxylic acids is 1. The molecule has 0 radical (unpaired) electrons. The van der Waals surface area contributed by atoms with Gasteiger partial charge in [0, 0.05) is 10.9 Å². The first-order valence-electron chi connectivity index (χ1n) is 6.19. The number of nitrogens with one attached hydrogen (secondary N) is 1. The molecule has 2 N–H and O–H groups in total. The van der Waals surface area contributed by atoms with Crippen LogP contribution in [0.1, 0.15) is 30.6 Å². The molecule has 0 spiro atoms. The van der Waals surface area contributed by atoms with Crippen molar-refractivity contribution in [1.82, 2.24) is 5.32 Å². The fourth-order valence-electron chi connectivity index (χ4n) is 2.40. The lowest BCUT2D eigenvalue weighted by atomic mass is 9.86. The van der Waals surface area contributed by atoms with Crippen molar-refractivity contribution in [2.24, 2.45) is 5.92 Å². The highest BCUT2D eigenvalue weighted by Crippen LogP contribution is 2.24. The third kappa shape index (κ3) is 3.57. The minimum absolute atomic E-state index is 0.00603. The highest BCUT2D eigenvalue weighted by Gasteiger charge is 2.27. The van der Waals surface area contributed by atoms with Crippen molar-refractivity contribution in [3.05, 3.63) is 22.4 Å². The van der Waals surface area contributed by atoms with Gasteiger partial charge in [-0.1, -0.05) is 12.5 Å². The molecule has 2 unspecified atom stereocenters. The summed E-state index contributed by atoms with van der Waals surface area (Å²) in [6.07, 6.45) is 3.45. The second-order valence-corrected chi connectivity index (χ2v) is 5.75. The Labute approximate surface area is 110 Å². The van der Waals surface area contributed by atoms with Crippen LogP contribution in [0.2, 0.25) is 0 Å². The Hall–Kier alpha value is -1.36. The molecule has 1 aliphatic carbocycles. The van der Waals surface area contributed by atoms with E-state index in [1.165, 1.54) is 0 Å². The highest BCUT2D eigenvalue weighted by atomic mass is 32.1. The summed E-state index contributed by atoms with van der Waals surface area (Å²) >= 11 is 1.56. The van der Waals surface area contributed by atoms with Crippen molar-refractivity contribution in [3.8, 4) is 0 Å². The van der Waals surface area contributed by atoms with Gasteiger partial charge in [0.15, 0.2) is 0 Å². The van der Waals surface area contributed by atoms with Crippen molar-refractivity contribution < 1.29 is 14.7 Å². The SMILES string of the molecule is O=C(Cc1cccs1)NC1CCCC(C(=O)O)C1. The molecule has 1 heterocycles. The summed E-state index contributed by atoms with van der Waals surface area (Å²) in [7, 11) is 0. The summed E-state index contributed by atoms with van der Waals surface area (Å²) in [6, 6.07) is 3.88. The van der Waals surface area contributed by atoms with E-state index in [1.54, 1.807) is 11.3 Å². The molecule has 0 saturated heterocycles. The van der Waals surface area contributed by atoms with Crippen LogP contribution in [0.25, 0.3) is 0 Å². The number of hydrogen-bond donors (Lipinski definition) is 2. The largest absolute Gasteiger partial charge is 0.481 e. The molecule has 0 aromatic carbocycles. The molecule has 1 fully saturated rings.